The van der Waals surface area contributed by atoms with Crippen LogP contribution in [0.15, 0.2) is 77.6 Å². The Morgan fingerprint density at radius 3 is 2.79 bits per heavy atom. The molecule has 148 valence electrons. The van der Waals surface area contributed by atoms with Crippen molar-refractivity contribution in [1.29, 1.82) is 0 Å². The highest BCUT2D eigenvalue weighted by Gasteiger charge is 2.42. The number of aryl methyl sites for hydroxylation is 1. The zero-order valence-corrected chi connectivity index (χ0v) is 17.8. The minimum atomic E-state index is -0.930. The second-order valence-electron chi connectivity index (χ2n) is 7.04. The summed E-state index contributed by atoms with van der Waals surface area (Å²) in [6, 6.07) is 11.9. The summed E-state index contributed by atoms with van der Waals surface area (Å²) in [4.78, 5) is 21.2. The van der Waals surface area contributed by atoms with Gasteiger partial charge in [0.15, 0.2) is 5.60 Å². The van der Waals surface area contributed by atoms with Crippen LogP contribution in [0.5, 0.6) is 0 Å². The van der Waals surface area contributed by atoms with Crippen LogP contribution in [0.3, 0.4) is 0 Å². The molecule has 0 bridgehead atoms. The Kier molecular flexibility index (Phi) is 6.11. The molecule has 29 heavy (non-hydrogen) atoms. The van der Waals surface area contributed by atoms with Crippen molar-refractivity contribution in [1.82, 2.24) is 9.97 Å². The van der Waals surface area contributed by atoms with E-state index in [4.69, 9.17) is 4.74 Å². The summed E-state index contributed by atoms with van der Waals surface area (Å²) in [5.41, 5.74) is 2.22. The molecule has 0 N–H and O–H groups in total. The first kappa shape index (κ1) is 19.9. The number of ether oxygens (including phenoxy) is 1. The van der Waals surface area contributed by atoms with E-state index in [1.807, 2.05) is 55.2 Å². The molecule has 0 radical (unpaired) electrons. The molecule has 0 spiro atoms. The first-order valence-electron chi connectivity index (χ1n) is 9.53. The molecule has 2 aromatic heterocycles. The summed E-state index contributed by atoms with van der Waals surface area (Å²) < 4.78 is 6.22. The van der Waals surface area contributed by atoms with Gasteiger partial charge in [-0.3, -0.25) is 14.8 Å². The maximum Gasteiger partial charge on any atom is 0.206 e. The molecule has 4 rings (SSSR count). The van der Waals surface area contributed by atoms with Gasteiger partial charge in [-0.25, -0.2) is 0 Å². The molecule has 6 heteroatoms. The second-order valence-corrected chi connectivity index (χ2v) is 9.13. The fourth-order valence-corrected chi connectivity index (χ4v) is 5.40. The number of thioether (sulfide) groups is 1. The van der Waals surface area contributed by atoms with E-state index >= 15 is 0 Å². The van der Waals surface area contributed by atoms with E-state index in [-0.39, 0.29) is 11.0 Å². The summed E-state index contributed by atoms with van der Waals surface area (Å²) in [6.07, 6.45) is 8.46. The number of benzene rings is 1. The zero-order chi connectivity index (χ0) is 20.1. The first-order chi connectivity index (χ1) is 14.1. The van der Waals surface area contributed by atoms with Crippen LogP contribution in [0.4, 0.5) is 0 Å². The summed E-state index contributed by atoms with van der Waals surface area (Å²) in [7, 11) is 0. The number of ketones is 1. The molecule has 2 atom stereocenters. The number of thiophene rings is 1. The van der Waals surface area contributed by atoms with Crippen LogP contribution in [-0.2, 0) is 21.6 Å². The highest BCUT2D eigenvalue weighted by Crippen LogP contribution is 2.42. The Hall–Kier alpha value is -2.44. The number of rotatable bonds is 8. The third-order valence-corrected chi connectivity index (χ3v) is 7.00. The van der Waals surface area contributed by atoms with Gasteiger partial charge in [-0.05, 0) is 35.1 Å². The Morgan fingerprint density at radius 2 is 2.07 bits per heavy atom. The Bertz CT molecular complexity index is 975. The van der Waals surface area contributed by atoms with Gasteiger partial charge in [0.05, 0.1) is 5.69 Å². The van der Waals surface area contributed by atoms with Gasteiger partial charge in [-0.1, -0.05) is 30.3 Å². The van der Waals surface area contributed by atoms with Crippen LogP contribution in [-0.4, -0.2) is 21.5 Å². The number of carbonyl (C=O) groups is 1. The smallest absolute Gasteiger partial charge is 0.206 e. The summed E-state index contributed by atoms with van der Waals surface area (Å²) in [5, 5.41) is 4.50. The number of hydrogen-bond donors (Lipinski definition) is 0. The number of hydrogen-bond acceptors (Lipinski definition) is 6. The lowest BCUT2D eigenvalue weighted by Gasteiger charge is -2.25. The molecule has 2 unspecified atom stereocenters. The van der Waals surface area contributed by atoms with Crippen molar-refractivity contribution in [2.75, 3.05) is 5.75 Å². The maximum absolute atomic E-state index is 12.8. The average Bonchev–Trinajstić information content (AvgIpc) is 3.38. The molecule has 1 aliphatic rings. The molecule has 0 saturated carbocycles. The van der Waals surface area contributed by atoms with Gasteiger partial charge >= 0.3 is 0 Å². The van der Waals surface area contributed by atoms with Crippen molar-refractivity contribution in [2.24, 2.45) is 0 Å². The Labute approximate surface area is 179 Å². The largest absolute Gasteiger partial charge is 0.479 e. The minimum Gasteiger partial charge on any atom is -0.479 e. The predicted molar refractivity (Wildman–Crippen MR) is 118 cm³/mol. The number of allylic oxidation sites excluding steroid dienone is 1. The predicted octanol–water partition coefficient (Wildman–Crippen LogP) is 5.34. The monoisotopic (exact) mass is 422 g/mol. The van der Waals surface area contributed by atoms with Gasteiger partial charge < -0.3 is 4.74 Å². The molecule has 0 aliphatic carbocycles. The van der Waals surface area contributed by atoms with E-state index in [0.29, 0.717) is 6.42 Å². The Balaban J connectivity index is 1.44. The van der Waals surface area contributed by atoms with Crippen LogP contribution in [0, 0.1) is 0 Å². The normalized spacial score (nSPS) is 19.6. The standard InChI is InChI=1S/C23H22N2O2S2/c1-23(18-5-3-2-4-6-18)22(26)14-20(27-23)13-21(17-7-11-28-16-17)29-12-8-19-15-24-9-10-25-19/h2-7,9-11,14-16,21H,8,12-13H2,1H3. The van der Waals surface area contributed by atoms with Crippen LogP contribution in [0.25, 0.3) is 0 Å². The van der Waals surface area contributed by atoms with E-state index < -0.39 is 5.60 Å². The molecule has 1 aliphatic heterocycles. The molecule has 0 saturated heterocycles. The number of nitrogens with zero attached hydrogens (tertiary/aromatic N) is 2. The lowest BCUT2D eigenvalue weighted by Crippen LogP contribution is -2.29. The highest BCUT2D eigenvalue weighted by atomic mass is 32.2. The zero-order valence-electron chi connectivity index (χ0n) is 16.2. The van der Waals surface area contributed by atoms with Gasteiger partial charge in [-0.15, -0.1) is 0 Å². The van der Waals surface area contributed by atoms with Gasteiger partial charge in [0, 0.05) is 48.3 Å². The quantitative estimate of drug-likeness (QED) is 0.490. The van der Waals surface area contributed by atoms with Gasteiger partial charge in [-0.2, -0.15) is 23.1 Å². The molecule has 0 amide bonds. The number of carbonyl (C=O) groups excluding carboxylic acids is 1. The van der Waals surface area contributed by atoms with Gasteiger partial charge in [0.25, 0.3) is 0 Å². The summed E-state index contributed by atoms with van der Waals surface area (Å²) in [5.74, 6) is 1.69. The Morgan fingerprint density at radius 1 is 1.21 bits per heavy atom. The SMILES string of the molecule is CC1(c2ccccc2)OC(CC(SCCc2cnccn2)c2ccsc2)=CC1=O. The molecule has 0 fully saturated rings. The van der Waals surface area contributed by atoms with E-state index in [2.05, 4.69) is 26.8 Å². The summed E-state index contributed by atoms with van der Waals surface area (Å²) >= 11 is 3.55. The van der Waals surface area contributed by atoms with Crippen molar-refractivity contribution in [3.05, 3.63) is 94.4 Å². The third kappa shape index (κ3) is 4.60. The van der Waals surface area contributed by atoms with E-state index in [0.717, 1.165) is 29.2 Å². The van der Waals surface area contributed by atoms with Crippen LogP contribution >= 0.6 is 23.1 Å². The fraction of sp³-hybridized carbons (Fsp3) is 0.261. The topological polar surface area (TPSA) is 52.1 Å². The van der Waals surface area contributed by atoms with Gasteiger partial charge in [0.1, 0.15) is 5.76 Å². The maximum atomic E-state index is 12.8. The third-order valence-electron chi connectivity index (χ3n) is 5.02. The average molecular weight is 423 g/mol. The molecule has 3 aromatic rings. The van der Waals surface area contributed by atoms with E-state index in [9.17, 15) is 4.79 Å². The molecular weight excluding hydrogens is 400 g/mol. The van der Waals surface area contributed by atoms with Crippen molar-refractivity contribution in [2.45, 2.75) is 30.6 Å². The molecule has 4 nitrogen and oxygen atoms in total. The van der Waals surface area contributed by atoms with Crippen molar-refractivity contribution < 1.29 is 9.53 Å². The minimum absolute atomic E-state index is 0.00679. The van der Waals surface area contributed by atoms with E-state index in [1.165, 1.54) is 5.56 Å². The lowest BCUT2D eigenvalue weighted by molar-refractivity contribution is -0.129. The molecule has 1 aromatic carbocycles. The second kappa shape index (κ2) is 8.93. The van der Waals surface area contributed by atoms with Crippen LogP contribution in [0.2, 0.25) is 0 Å². The van der Waals surface area contributed by atoms with Crippen LogP contribution in [0.1, 0.15) is 35.4 Å². The first-order valence-corrected chi connectivity index (χ1v) is 11.5. The lowest BCUT2D eigenvalue weighted by atomic mass is 9.92. The highest BCUT2D eigenvalue weighted by molar-refractivity contribution is 7.99. The summed E-state index contributed by atoms with van der Waals surface area (Å²) in [6.45, 7) is 1.86. The van der Waals surface area contributed by atoms with E-state index in [1.54, 1.807) is 29.8 Å². The van der Waals surface area contributed by atoms with Crippen molar-refractivity contribution in [3.63, 3.8) is 0 Å². The van der Waals surface area contributed by atoms with Gasteiger partial charge in [0.2, 0.25) is 5.78 Å². The van der Waals surface area contributed by atoms with Crippen molar-refractivity contribution in [3.8, 4) is 0 Å². The fourth-order valence-electron chi connectivity index (χ4n) is 3.36. The van der Waals surface area contributed by atoms with Crippen molar-refractivity contribution >= 4 is 28.9 Å². The number of aromatic nitrogens is 2. The molecular formula is C23H22N2O2S2. The molecule has 3 heterocycles. The van der Waals surface area contributed by atoms with Crippen LogP contribution < -0.4 is 0 Å².